The van der Waals surface area contributed by atoms with Crippen LogP contribution in [0, 0.1) is 5.92 Å². The molecule has 0 aromatic heterocycles. The number of hydrogen-bond acceptors (Lipinski definition) is 3. The summed E-state index contributed by atoms with van der Waals surface area (Å²) in [7, 11) is -3.28. The molecule has 2 atom stereocenters. The van der Waals surface area contributed by atoms with Crippen LogP contribution in [0.15, 0.2) is 0 Å². The van der Waals surface area contributed by atoms with E-state index < -0.39 is 10.2 Å². The van der Waals surface area contributed by atoms with Crippen LogP contribution in [0.4, 0.5) is 0 Å². The summed E-state index contributed by atoms with van der Waals surface area (Å²) in [6.45, 7) is 4.45. The predicted octanol–water partition coefficient (Wildman–Crippen LogP) is 1.17. The van der Waals surface area contributed by atoms with E-state index in [9.17, 15) is 8.42 Å². The Morgan fingerprint density at radius 2 is 1.79 bits per heavy atom. The van der Waals surface area contributed by atoms with Crippen molar-refractivity contribution < 1.29 is 8.42 Å². The van der Waals surface area contributed by atoms with Gasteiger partial charge in [0.1, 0.15) is 0 Å². The Labute approximate surface area is 117 Å². The normalized spacial score (nSPS) is 30.1. The molecule has 19 heavy (non-hydrogen) atoms. The molecule has 0 bridgehead atoms. The molecule has 2 unspecified atom stereocenters. The Morgan fingerprint density at radius 1 is 1.16 bits per heavy atom. The summed E-state index contributed by atoms with van der Waals surface area (Å²) < 4.78 is 28.8. The van der Waals surface area contributed by atoms with Gasteiger partial charge in [-0.25, -0.2) is 0 Å². The summed E-state index contributed by atoms with van der Waals surface area (Å²) in [6.07, 6.45) is 6.30. The molecule has 1 saturated heterocycles. The Hall–Kier alpha value is -0.170. The monoisotopic (exact) mass is 289 g/mol. The van der Waals surface area contributed by atoms with E-state index >= 15 is 0 Å². The van der Waals surface area contributed by atoms with E-state index in [1.54, 1.807) is 8.61 Å². The average molecular weight is 289 g/mol. The van der Waals surface area contributed by atoms with Crippen molar-refractivity contribution in [2.75, 3.05) is 26.2 Å². The molecule has 1 aliphatic heterocycles. The van der Waals surface area contributed by atoms with Crippen LogP contribution in [-0.4, -0.2) is 49.2 Å². The van der Waals surface area contributed by atoms with E-state index in [0.29, 0.717) is 32.1 Å². The second-order valence-electron chi connectivity index (χ2n) is 5.66. The predicted molar refractivity (Wildman–Crippen MR) is 76.9 cm³/mol. The molecule has 1 saturated carbocycles. The molecule has 0 radical (unpaired) electrons. The van der Waals surface area contributed by atoms with Crippen molar-refractivity contribution in [2.24, 2.45) is 11.7 Å². The topological polar surface area (TPSA) is 66.6 Å². The van der Waals surface area contributed by atoms with Crippen molar-refractivity contribution in [3.05, 3.63) is 0 Å². The first-order valence-electron chi connectivity index (χ1n) is 7.58. The highest BCUT2D eigenvalue weighted by Crippen LogP contribution is 2.31. The fourth-order valence-corrected chi connectivity index (χ4v) is 5.44. The quantitative estimate of drug-likeness (QED) is 0.826. The maximum Gasteiger partial charge on any atom is 0.282 e. The highest BCUT2D eigenvalue weighted by Gasteiger charge is 2.38. The SMILES string of the molecule is CCN(C1CCCCC1CN)S(=O)(=O)N1CCCC1. The zero-order valence-electron chi connectivity index (χ0n) is 11.9. The minimum atomic E-state index is -3.28. The molecule has 0 amide bonds. The first kappa shape index (κ1) is 15.2. The third-order valence-electron chi connectivity index (χ3n) is 4.54. The van der Waals surface area contributed by atoms with Crippen LogP contribution in [0.2, 0.25) is 0 Å². The van der Waals surface area contributed by atoms with Crippen LogP contribution in [-0.2, 0) is 10.2 Å². The first-order valence-corrected chi connectivity index (χ1v) is 8.98. The third-order valence-corrected chi connectivity index (χ3v) is 6.68. The van der Waals surface area contributed by atoms with E-state index in [1.807, 2.05) is 6.92 Å². The molecular weight excluding hydrogens is 262 g/mol. The van der Waals surface area contributed by atoms with Crippen LogP contribution in [0.5, 0.6) is 0 Å². The lowest BCUT2D eigenvalue weighted by atomic mass is 9.84. The van der Waals surface area contributed by atoms with E-state index in [0.717, 1.165) is 32.1 Å². The largest absolute Gasteiger partial charge is 0.330 e. The molecule has 112 valence electrons. The molecule has 2 aliphatic rings. The molecule has 2 rings (SSSR count). The summed E-state index contributed by atoms with van der Waals surface area (Å²) in [4.78, 5) is 0. The third kappa shape index (κ3) is 3.12. The van der Waals surface area contributed by atoms with Gasteiger partial charge in [0.2, 0.25) is 0 Å². The highest BCUT2D eigenvalue weighted by atomic mass is 32.2. The molecule has 2 fully saturated rings. The fraction of sp³-hybridized carbons (Fsp3) is 1.00. The van der Waals surface area contributed by atoms with Gasteiger partial charge >= 0.3 is 0 Å². The Bertz CT molecular complexity index is 379. The second kappa shape index (κ2) is 6.52. The molecule has 2 N–H and O–H groups in total. The lowest BCUT2D eigenvalue weighted by Gasteiger charge is -2.39. The summed E-state index contributed by atoms with van der Waals surface area (Å²) in [5.74, 6) is 0.325. The van der Waals surface area contributed by atoms with E-state index in [2.05, 4.69) is 0 Å². The molecule has 1 aliphatic carbocycles. The number of nitrogens with two attached hydrogens (primary N) is 1. The molecule has 6 heteroatoms. The maximum atomic E-state index is 12.7. The van der Waals surface area contributed by atoms with Crippen LogP contribution in [0.25, 0.3) is 0 Å². The molecule has 5 nitrogen and oxygen atoms in total. The van der Waals surface area contributed by atoms with Gasteiger partial charge in [-0.3, -0.25) is 0 Å². The number of hydrogen-bond donors (Lipinski definition) is 1. The van der Waals surface area contributed by atoms with Crippen molar-refractivity contribution in [3.8, 4) is 0 Å². The lowest BCUT2D eigenvalue weighted by molar-refractivity contribution is 0.179. The van der Waals surface area contributed by atoms with Gasteiger partial charge in [-0.1, -0.05) is 19.8 Å². The van der Waals surface area contributed by atoms with Gasteiger partial charge in [0.05, 0.1) is 0 Å². The van der Waals surface area contributed by atoms with E-state index in [4.69, 9.17) is 5.73 Å². The Kier molecular flexibility index (Phi) is 5.22. The van der Waals surface area contributed by atoms with Gasteiger partial charge in [0.15, 0.2) is 0 Å². The molecule has 0 aromatic rings. The summed E-state index contributed by atoms with van der Waals surface area (Å²) in [6, 6.07) is 0.106. The Morgan fingerprint density at radius 3 is 2.37 bits per heavy atom. The number of nitrogens with zero attached hydrogens (tertiary/aromatic N) is 2. The van der Waals surface area contributed by atoms with Gasteiger partial charge in [-0.05, 0) is 38.1 Å². The van der Waals surface area contributed by atoms with Gasteiger partial charge in [0, 0.05) is 25.7 Å². The molecule has 0 aromatic carbocycles. The van der Waals surface area contributed by atoms with Crippen LogP contribution in [0.3, 0.4) is 0 Å². The standard InChI is InChI=1S/C13H27N3O2S/c1-2-16(13-8-4-3-7-12(13)11-14)19(17,18)15-9-5-6-10-15/h12-13H,2-11,14H2,1H3. The van der Waals surface area contributed by atoms with Crippen molar-refractivity contribution >= 4 is 10.2 Å². The van der Waals surface area contributed by atoms with Crippen molar-refractivity contribution in [1.29, 1.82) is 0 Å². The molecule has 0 spiro atoms. The molecular formula is C13H27N3O2S. The first-order chi connectivity index (χ1) is 9.11. The van der Waals surface area contributed by atoms with E-state index in [-0.39, 0.29) is 6.04 Å². The zero-order valence-corrected chi connectivity index (χ0v) is 12.7. The zero-order chi connectivity index (χ0) is 13.9. The van der Waals surface area contributed by atoms with Crippen LogP contribution < -0.4 is 5.73 Å². The van der Waals surface area contributed by atoms with E-state index in [1.165, 1.54) is 6.42 Å². The van der Waals surface area contributed by atoms with Crippen molar-refractivity contribution in [3.63, 3.8) is 0 Å². The smallest absolute Gasteiger partial charge is 0.282 e. The maximum absolute atomic E-state index is 12.7. The summed E-state index contributed by atoms with van der Waals surface area (Å²) in [5, 5.41) is 0. The minimum Gasteiger partial charge on any atom is -0.330 e. The fourth-order valence-electron chi connectivity index (χ4n) is 3.48. The van der Waals surface area contributed by atoms with Crippen LogP contribution >= 0.6 is 0 Å². The minimum absolute atomic E-state index is 0.106. The van der Waals surface area contributed by atoms with Gasteiger partial charge < -0.3 is 5.73 Å². The Balaban J connectivity index is 2.17. The number of rotatable bonds is 5. The average Bonchev–Trinajstić information content (AvgIpc) is 2.94. The van der Waals surface area contributed by atoms with Crippen molar-refractivity contribution in [1.82, 2.24) is 8.61 Å². The van der Waals surface area contributed by atoms with Gasteiger partial charge in [-0.15, -0.1) is 0 Å². The summed E-state index contributed by atoms with van der Waals surface area (Å²) >= 11 is 0. The van der Waals surface area contributed by atoms with Gasteiger partial charge in [-0.2, -0.15) is 17.0 Å². The van der Waals surface area contributed by atoms with Crippen molar-refractivity contribution in [2.45, 2.75) is 51.5 Å². The molecule has 1 heterocycles. The second-order valence-corrected chi connectivity index (χ2v) is 7.55. The van der Waals surface area contributed by atoms with Crippen LogP contribution in [0.1, 0.15) is 45.4 Å². The summed E-state index contributed by atoms with van der Waals surface area (Å²) in [5.41, 5.74) is 5.85. The van der Waals surface area contributed by atoms with Gasteiger partial charge in [0.25, 0.3) is 10.2 Å². The lowest BCUT2D eigenvalue weighted by Crippen LogP contribution is -2.52. The highest BCUT2D eigenvalue weighted by molar-refractivity contribution is 7.86.